The monoisotopic (exact) mass is 301 g/mol. The number of nitrogens with two attached hydrogens (primary N) is 1. The lowest BCUT2D eigenvalue weighted by Gasteiger charge is -2.16. The topological polar surface area (TPSA) is 53.1 Å². The number of aromatic nitrogens is 2. The SMILES string of the molecule is CCn1ncc(OC)c1C(N)c1cc(F)c(Cl)cc1F. The Morgan fingerprint density at radius 3 is 2.70 bits per heavy atom. The van der Waals surface area contributed by atoms with E-state index in [1.165, 1.54) is 13.3 Å². The van der Waals surface area contributed by atoms with Crippen LogP contribution in [0.2, 0.25) is 5.02 Å². The molecular weight excluding hydrogens is 288 g/mol. The highest BCUT2D eigenvalue weighted by molar-refractivity contribution is 6.30. The summed E-state index contributed by atoms with van der Waals surface area (Å²) in [5.41, 5.74) is 6.53. The van der Waals surface area contributed by atoms with Crippen molar-refractivity contribution in [2.45, 2.75) is 19.5 Å². The lowest BCUT2D eigenvalue weighted by Crippen LogP contribution is -2.19. The van der Waals surface area contributed by atoms with Crippen LogP contribution in [0.3, 0.4) is 0 Å². The van der Waals surface area contributed by atoms with E-state index in [0.717, 1.165) is 12.1 Å². The molecule has 0 aliphatic carbocycles. The van der Waals surface area contributed by atoms with E-state index in [9.17, 15) is 8.78 Å². The van der Waals surface area contributed by atoms with Crippen LogP contribution in [0.4, 0.5) is 8.78 Å². The quantitative estimate of drug-likeness (QED) is 0.884. The van der Waals surface area contributed by atoms with E-state index < -0.39 is 17.7 Å². The fraction of sp³-hybridized carbons (Fsp3) is 0.308. The Bertz CT molecular complexity index is 609. The Balaban J connectivity index is 2.53. The van der Waals surface area contributed by atoms with E-state index in [-0.39, 0.29) is 10.6 Å². The minimum atomic E-state index is -0.904. The number of aryl methyl sites for hydroxylation is 1. The second-order valence-corrected chi connectivity index (χ2v) is 4.59. The number of nitrogens with zero attached hydrogens (tertiary/aromatic N) is 2. The molecule has 0 aliphatic heterocycles. The predicted molar refractivity (Wildman–Crippen MR) is 71.9 cm³/mol. The molecule has 0 bridgehead atoms. The van der Waals surface area contributed by atoms with Crippen molar-refractivity contribution in [3.8, 4) is 5.75 Å². The average molecular weight is 302 g/mol. The molecule has 0 amide bonds. The Kier molecular flexibility index (Phi) is 4.25. The van der Waals surface area contributed by atoms with Crippen molar-refractivity contribution in [3.63, 3.8) is 0 Å². The van der Waals surface area contributed by atoms with E-state index in [2.05, 4.69) is 5.10 Å². The summed E-state index contributed by atoms with van der Waals surface area (Å²) in [5, 5.41) is 3.81. The van der Waals surface area contributed by atoms with Gasteiger partial charge in [-0.15, -0.1) is 0 Å². The van der Waals surface area contributed by atoms with Crippen LogP contribution in [0, 0.1) is 11.6 Å². The number of benzene rings is 1. The minimum Gasteiger partial charge on any atom is -0.493 e. The maximum Gasteiger partial charge on any atom is 0.161 e. The molecule has 20 heavy (non-hydrogen) atoms. The average Bonchev–Trinajstić information content (AvgIpc) is 2.85. The van der Waals surface area contributed by atoms with E-state index in [1.54, 1.807) is 4.68 Å². The number of hydrogen-bond donors (Lipinski definition) is 1. The summed E-state index contributed by atoms with van der Waals surface area (Å²) in [6.07, 6.45) is 1.49. The summed E-state index contributed by atoms with van der Waals surface area (Å²) >= 11 is 5.53. The molecule has 4 nitrogen and oxygen atoms in total. The van der Waals surface area contributed by atoms with Gasteiger partial charge in [-0.25, -0.2) is 8.78 Å². The van der Waals surface area contributed by atoms with E-state index >= 15 is 0 Å². The summed E-state index contributed by atoms with van der Waals surface area (Å²) in [5.74, 6) is -0.969. The maximum atomic E-state index is 13.9. The van der Waals surface area contributed by atoms with Crippen molar-refractivity contribution in [1.82, 2.24) is 9.78 Å². The molecule has 0 spiro atoms. The molecule has 0 saturated carbocycles. The first-order chi connectivity index (χ1) is 9.49. The van der Waals surface area contributed by atoms with Crippen LogP contribution in [-0.2, 0) is 6.54 Å². The molecule has 0 saturated heterocycles. The first kappa shape index (κ1) is 14.7. The number of rotatable bonds is 4. The predicted octanol–water partition coefficient (Wildman–Crippen LogP) is 2.89. The van der Waals surface area contributed by atoms with Crippen molar-refractivity contribution in [1.29, 1.82) is 0 Å². The van der Waals surface area contributed by atoms with Crippen molar-refractivity contribution in [3.05, 3.63) is 46.2 Å². The fourth-order valence-electron chi connectivity index (χ4n) is 2.02. The molecule has 0 aliphatic rings. The first-order valence-corrected chi connectivity index (χ1v) is 6.37. The Morgan fingerprint density at radius 2 is 2.10 bits per heavy atom. The normalized spacial score (nSPS) is 12.5. The molecule has 1 atom stereocenters. The first-order valence-electron chi connectivity index (χ1n) is 5.99. The number of ether oxygens (including phenoxy) is 1. The second kappa shape index (κ2) is 5.76. The van der Waals surface area contributed by atoms with Gasteiger partial charge in [-0.1, -0.05) is 11.6 Å². The van der Waals surface area contributed by atoms with Gasteiger partial charge in [-0.2, -0.15) is 5.10 Å². The molecular formula is C13H14ClF2N3O. The fourth-order valence-corrected chi connectivity index (χ4v) is 2.17. The third kappa shape index (κ3) is 2.48. The van der Waals surface area contributed by atoms with Gasteiger partial charge in [0.1, 0.15) is 17.3 Å². The van der Waals surface area contributed by atoms with Crippen LogP contribution in [0.5, 0.6) is 5.75 Å². The molecule has 2 rings (SSSR count). The molecule has 2 aromatic rings. The Labute approximate surface area is 120 Å². The van der Waals surface area contributed by atoms with E-state index in [1.807, 2.05) is 6.92 Å². The summed E-state index contributed by atoms with van der Waals surface area (Å²) in [6, 6.07) is 0.999. The lowest BCUT2D eigenvalue weighted by atomic mass is 10.0. The van der Waals surface area contributed by atoms with Gasteiger partial charge in [0.05, 0.1) is 24.4 Å². The molecule has 7 heteroatoms. The number of methoxy groups -OCH3 is 1. The third-order valence-electron chi connectivity index (χ3n) is 3.03. The van der Waals surface area contributed by atoms with Crippen LogP contribution in [0.1, 0.15) is 24.2 Å². The summed E-state index contributed by atoms with van der Waals surface area (Å²) in [7, 11) is 1.46. The molecule has 108 valence electrons. The van der Waals surface area contributed by atoms with Crippen molar-refractivity contribution in [2.75, 3.05) is 7.11 Å². The van der Waals surface area contributed by atoms with Gasteiger partial charge in [0.2, 0.25) is 0 Å². The van der Waals surface area contributed by atoms with Gasteiger partial charge < -0.3 is 10.5 Å². The summed E-state index contributed by atoms with van der Waals surface area (Å²) in [4.78, 5) is 0. The summed E-state index contributed by atoms with van der Waals surface area (Å²) < 4.78 is 34.2. The van der Waals surface area contributed by atoms with Gasteiger partial charge in [-0.05, 0) is 19.1 Å². The van der Waals surface area contributed by atoms with Crippen LogP contribution < -0.4 is 10.5 Å². The molecule has 1 aromatic carbocycles. The smallest absolute Gasteiger partial charge is 0.161 e. The number of halogens is 3. The zero-order valence-corrected chi connectivity index (χ0v) is 11.8. The largest absolute Gasteiger partial charge is 0.493 e. The van der Waals surface area contributed by atoms with Crippen LogP contribution in [-0.4, -0.2) is 16.9 Å². The maximum absolute atomic E-state index is 13.9. The van der Waals surface area contributed by atoms with Crippen LogP contribution in [0.25, 0.3) is 0 Å². The highest BCUT2D eigenvalue weighted by Crippen LogP contribution is 2.31. The third-order valence-corrected chi connectivity index (χ3v) is 3.32. The molecule has 0 radical (unpaired) electrons. The molecule has 1 aromatic heterocycles. The lowest BCUT2D eigenvalue weighted by molar-refractivity contribution is 0.404. The van der Waals surface area contributed by atoms with Crippen LogP contribution in [0.15, 0.2) is 18.3 Å². The zero-order valence-electron chi connectivity index (χ0n) is 11.0. The van der Waals surface area contributed by atoms with Gasteiger partial charge >= 0.3 is 0 Å². The molecule has 1 unspecified atom stereocenters. The highest BCUT2D eigenvalue weighted by atomic mass is 35.5. The molecule has 1 heterocycles. The van der Waals surface area contributed by atoms with Gasteiger partial charge in [0.15, 0.2) is 5.75 Å². The Morgan fingerprint density at radius 1 is 1.40 bits per heavy atom. The minimum absolute atomic E-state index is 0.000370. The second-order valence-electron chi connectivity index (χ2n) is 4.18. The van der Waals surface area contributed by atoms with Gasteiger partial charge in [0.25, 0.3) is 0 Å². The summed E-state index contributed by atoms with van der Waals surface area (Å²) in [6.45, 7) is 2.39. The number of hydrogen-bond acceptors (Lipinski definition) is 3. The van der Waals surface area contributed by atoms with Crippen molar-refractivity contribution in [2.24, 2.45) is 5.73 Å². The van der Waals surface area contributed by atoms with Crippen molar-refractivity contribution >= 4 is 11.6 Å². The van der Waals surface area contributed by atoms with Gasteiger partial charge in [0, 0.05) is 12.1 Å². The standard InChI is InChI=1S/C13H14ClF2N3O/c1-3-19-13(11(20-2)6-18-19)12(17)7-4-10(16)8(14)5-9(7)15/h4-6,12H,3,17H2,1-2H3. The van der Waals surface area contributed by atoms with Crippen molar-refractivity contribution < 1.29 is 13.5 Å². The van der Waals surface area contributed by atoms with E-state index in [0.29, 0.717) is 18.0 Å². The van der Waals surface area contributed by atoms with E-state index in [4.69, 9.17) is 22.1 Å². The molecule has 0 fully saturated rings. The van der Waals surface area contributed by atoms with Gasteiger partial charge in [-0.3, -0.25) is 4.68 Å². The Hall–Kier alpha value is -1.66. The zero-order chi connectivity index (χ0) is 14.9. The highest BCUT2D eigenvalue weighted by Gasteiger charge is 2.23. The van der Waals surface area contributed by atoms with Crippen LogP contribution >= 0.6 is 11.6 Å². The molecule has 2 N–H and O–H groups in total.